The number of nitrogens with zero attached hydrogens (tertiary/aromatic N) is 5. The second-order valence-electron chi connectivity index (χ2n) is 5.52. The molecule has 0 aliphatic carbocycles. The van der Waals surface area contributed by atoms with Crippen LogP contribution in [0.2, 0.25) is 0 Å². The summed E-state index contributed by atoms with van der Waals surface area (Å²) in [5, 5.41) is 11.1. The Balaban J connectivity index is 2.07. The van der Waals surface area contributed by atoms with E-state index in [0.717, 1.165) is 21.0 Å². The van der Waals surface area contributed by atoms with Crippen molar-refractivity contribution in [1.29, 1.82) is 0 Å². The predicted molar refractivity (Wildman–Crippen MR) is 84.1 cm³/mol. The Hall–Kier alpha value is -3.41. The standard InChI is InChI=1S/C16H9F3N6/c1-8-5-9(6-10-7-21-23-13(8)10)12-11(20-2)3-4-25-14(12)22-15(24-25)16(17,18)19/h3-7H,1H3,(H,21,23). The number of H-pyrrole nitrogens is 1. The minimum Gasteiger partial charge on any atom is -0.278 e. The lowest BCUT2D eigenvalue weighted by Gasteiger charge is -2.08. The first kappa shape index (κ1) is 15.1. The molecule has 0 radical (unpaired) electrons. The number of aromatic nitrogens is 5. The van der Waals surface area contributed by atoms with Crippen molar-refractivity contribution in [3.8, 4) is 11.1 Å². The number of hydrogen-bond acceptors (Lipinski definition) is 3. The van der Waals surface area contributed by atoms with Crippen LogP contribution in [0.5, 0.6) is 0 Å². The van der Waals surface area contributed by atoms with Crippen molar-refractivity contribution in [2.24, 2.45) is 0 Å². The zero-order valence-electron chi connectivity index (χ0n) is 12.8. The molecule has 0 unspecified atom stereocenters. The third-order valence-electron chi connectivity index (χ3n) is 3.89. The number of nitrogens with one attached hydrogen (secondary N) is 1. The summed E-state index contributed by atoms with van der Waals surface area (Å²) in [5.41, 5.74) is 2.78. The maximum absolute atomic E-state index is 13.0. The van der Waals surface area contributed by atoms with Crippen molar-refractivity contribution in [3.05, 3.63) is 53.4 Å². The van der Waals surface area contributed by atoms with Gasteiger partial charge in [0.2, 0.25) is 0 Å². The number of aromatic amines is 1. The van der Waals surface area contributed by atoms with E-state index in [9.17, 15) is 13.2 Å². The molecule has 0 fully saturated rings. The molecular formula is C16H9F3N6. The summed E-state index contributed by atoms with van der Waals surface area (Å²) in [7, 11) is 0. The van der Waals surface area contributed by atoms with E-state index in [-0.39, 0.29) is 11.3 Å². The smallest absolute Gasteiger partial charge is 0.278 e. The molecule has 0 amide bonds. The van der Waals surface area contributed by atoms with E-state index in [1.54, 1.807) is 18.3 Å². The van der Waals surface area contributed by atoms with Crippen molar-refractivity contribution in [3.63, 3.8) is 0 Å². The molecule has 4 rings (SSSR count). The molecule has 0 aliphatic rings. The minimum atomic E-state index is -4.66. The van der Waals surface area contributed by atoms with Crippen molar-refractivity contribution >= 4 is 22.2 Å². The lowest BCUT2D eigenvalue weighted by atomic mass is 10.0. The topological polar surface area (TPSA) is 63.2 Å². The highest BCUT2D eigenvalue weighted by molar-refractivity contribution is 5.94. The second kappa shape index (κ2) is 5.04. The summed E-state index contributed by atoms with van der Waals surface area (Å²) in [5.74, 6) is -1.24. The largest absolute Gasteiger partial charge is 0.453 e. The molecule has 4 aromatic rings. The highest BCUT2D eigenvalue weighted by atomic mass is 19.4. The van der Waals surface area contributed by atoms with Crippen LogP contribution >= 0.6 is 0 Å². The molecule has 0 saturated heterocycles. The zero-order valence-corrected chi connectivity index (χ0v) is 12.8. The molecule has 6 nitrogen and oxygen atoms in total. The molecule has 25 heavy (non-hydrogen) atoms. The Morgan fingerprint density at radius 1 is 1.28 bits per heavy atom. The van der Waals surface area contributed by atoms with Gasteiger partial charge in [-0.3, -0.25) is 5.10 Å². The second-order valence-corrected chi connectivity index (χ2v) is 5.52. The molecule has 0 atom stereocenters. The van der Waals surface area contributed by atoms with Gasteiger partial charge in [0, 0.05) is 17.1 Å². The number of hydrogen-bond donors (Lipinski definition) is 1. The van der Waals surface area contributed by atoms with E-state index in [1.165, 1.54) is 12.3 Å². The molecule has 1 aromatic carbocycles. The van der Waals surface area contributed by atoms with Gasteiger partial charge in [0.25, 0.3) is 5.82 Å². The van der Waals surface area contributed by atoms with Crippen molar-refractivity contribution < 1.29 is 13.2 Å². The number of rotatable bonds is 1. The molecule has 9 heteroatoms. The van der Waals surface area contributed by atoms with Gasteiger partial charge in [-0.05, 0) is 30.2 Å². The first-order chi connectivity index (χ1) is 11.9. The van der Waals surface area contributed by atoms with E-state index in [2.05, 4.69) is 25.1 Å². The lowest BCUT2D eigenvalue weighted by molar-refractivity contribution is -0.144. The van der Waals surface area contributed by atoms with E-state index in [1.807, 2.05) is 6.92 Å². The number of alkyl halides is 3. The highest BCUT2D eigenvalue weighted by Gasteiger charge is 2.36. The van der Waals surface area contributed by atoms with Gasteiger partial charge in [0.15, 0.2) is 11.3 Å². The first-order valence-corrected chi connectivity index (χ1v) is 7.16. The molecule has 0 saturated carbocycles. The Bertz CT molecular complexity index is 1160. The average molecular weight is 342 g/mol. The molecule has 124 valence electrons. The Morgan fingerprint density at radius 3 is 2.80 bits per heavy atom. The average Bonchev–Trinajstić information content (AvgIpc) is 3.19. The van der Waals surface area contributed by atoms with E-state index >= 15 is 0 Å². The monoisotopic (exact) mass is 342 g/mol. The highest BCUT2D eigenvalue weighted by Crippen LogP contribution is 2.37. The first-order valence-electron chi connectivity index (χ1n) is 7.16. The fraction of sp³-hybridized carbons (Fsp3) is 0.125. The fourth-order valence-electron chi connectivity index (χ4n) is 2.81. The number of halogens is 3. The number of benzene rings is 1. The van der Waals surface area contributed by atoms with Gasteiger partial charge in [0.05, 0.1) is 18.3 Å². The maximum Gasteiger partial charge on any atom is 0.453 e. The molecule has 0 spiro atoms. The van der Waals surface area contributed by atoms with Gasteiger partial charge < -0.3 is 0 Å². The maximum atomic E-state index is 13.0. The number of pyridine rings is 1. The Labute approximate surface area is 138 Å². The summed E-state index contributed by atoms with van der Waals surface area (Å²) in [6.45, 7) is 9.21. The van der Waals surface area contributed by atoms with Gasteiger partial charge in [-0.15, -0.1) is 5.10 Å². The molecule has 0 aliphatic heterocycles. The molecule has 3 aromatic heterocycles. The lowest BCUT2D eigenvalue weighted by Crippen LogP contribution is -2.07. The Morgan fingerprint density at radius 2 is 2.08 bits per heavy atom. The van der Waals surface area contributed by atoms with E-state index < -0.39 is 12.0 Å². The van der Waals surface area contributed by atoms with Crippen LogP contribution in [0.15, 0.2) is 30.6 Å². The molecular weight excluding hydrogens is 333 g/mol. The van der Waals surface area contributed by atoms with Crippen LogP contribution in [0.4, 0.5) is 18.9 Å². The summed E-state index contributed by atoms with van der Waals surface area (Å²) in [6, 6.07) is 4.98. The number of fused-ring (bicyclic) bond motifs is 2. The summed E-state index contributed by atoms with van der Waals surface area (Å²) in [4.78, 5) is 7.06. The Kier molecular flexibility index (Phi) is 3.05. The van der Waals surface area contributed by atoms with Crippen molar-refractivity contribution in [1.82, 2.24) is 24.8 Å². The van der Waals surface area contributed by atoms with E-state index in [4.69, 9.17) is 6.57 Å². The van der Waals surface area contributed by atoms with Gasteiger partial charge in [-0.2, -0.15) is 18.3 Å². The van der Waals surface area contributed by atoms with Gasteiger partial charge in [-0.1, -0.05) is 6.07 Å². The molecule has 3 heterocycles. The predicted octanol–water partition coefficient (Wildman–Crippen LogP) is 4.15. The normalized spacial score (nSPS) is 12.0. The third kappa shape index (κ3) is 2.30. The summed E-state index contributed by atoms with van der Waals surface area (Å²) in [6.07, 6.45) is -1.74. The SMILES string of the molecule is [C-]#[N+]c1ccn2nc(C(F)(F)F)nc2c1-c1cc(C)c2[nH]ncc2c1. The van der Waals surface area contributed by atoms with Crippen LogP contribution in [-0.2, 0) is 6.18 Å². The fourth-order valence-corrected chi connectivity index (χ4v) is 2.81. The third-order valence-corrected chi connectivity index (χ3v) is 3.89. The van der Waals surface area contributed by atoms with Gasteiger partial charge in [-0.25, -0.2) is 14.3 Å². The van der Waals surface area contributed by atoms with Crippen molar-refractivity contribution in [2.75, 3.05) is 0 Å². The number of aryl methyl sites for hydroxylation is 1. The molecule has 1 N–H and O–H groups in total. The summed E-state index contributed by atoms with van der Waals surface area (Å²) >= 11 is 0. The van der Waals surface area contributed by atoms with Crippen LogP contribution < -0.4 is 0 Å². The van der Waals surface area contributed by atoms with Crippen LogP contribution in [0, 0.1) is 13.5 Å². The van der Waals surface area contributed by atoms with Crippen molar-refractivity contribution in [2.45, 2.75) is 13.1 Å². The quantitative estimate of drug-likeness (QED) is 0.529. The van der Waals surface area contributed by atoms with Crippen LogP contribution in [0.25, 0.3) is 32.5 Å². The molecule has 0 bridgehead atoms. The van der Waals surface area contributed by atoms with Crippen LogP contribution in [0.3, 0.4) is 0 Å². The minimum absolute atomic E-state index is 0.0110. The zero-order chi connectivity index (χ0) is 17.8. The van der Waals surface area contributed by atoms with Crippen LogP contribution in [0.1, 0.15) is 11.4 Å². The van der Waals surface area contributed by atoms with E-state index in [0.29, 0.717) is 11.1 Å². The van der Waals surface area contributed by atoms with Gasteiger partial charge >= 0.3 is 6.18 Å². The van der Waals surface area contributed by atoms with Crippen LogP contribution in [-0.4, -0.2) is 24.8 Å². The van der Waals surface area contributed by atoms with Gasteiger partial charge in [0.1, 0.15) is 0 Å². The summed E-state index contributed by atoms with van der Waals surface area (Å²) < 4.78 is 39.9.